The minimum atomic E-state index is -0.182. The van der Waals surface area contributed by atoms with E-state index in [9.17, 15) is 5.11 Å². The summed E-state index contributed by atoms with van der Waals surface area (Å²) >= 11 is 0. The molecule has 2 nitrogen and oxygen atoms in total. The molecule has 18 heavy (non-hydrogen) atoms. The maximum absolute atomic E-state index is 9.97. The van der Waals surface area contributed by atoms with Crippen molar-refractivity contribution in [2.75, 3.05) is 6.54 Å². The van der Waals surface area contributed by atoms with Crippen molar-refractivity contribution in [3.05, 3.63) is 35.4 Å². The molecule has 1 fully saturated rings. The van der Waals surface area contributed by atoms with E-state index in [1.165, 1.54) is 36.8 Å². The monoisotopic (exact) mass is 247 g/mol. The summed E-state index contributed by atoms with van der Waals surface area (Å²) in [6.45, 7) is 3.66. The van der Waals surface area contributed by atoms with Gasteiger partial charge in [-0.2, -0.15) is 0 Å². The largest absolute Gasteiger partial charge is 0.392 e. The molecule has 1 aliphatic carbocycles. The number of benzene rings is 1. The third kappa shape index (κ3) is 4.43. The zero-order chi connectivity index (χ0) is 12.8. The van der Waals surface area contributed by atoms with Crippen LogP contribution >= 0.6 is 0 Å². The highest BCUT2D eigenvalue weighted by Crippen LogP contribution is 2.28. The molecule has 1 saturated carbocycles. The Labute approximate surface area is 110 Å². The Morgan fingerprint density at radius 2 is 1.89 bits per heavy atom. The summed E-state index contributed by atoms with van der Waals surface area (Å²) in [6.07, 6.45) is 6.13. The molecule has 0 aromatic heterocycles. The average molecular weight is 247 g/mol. The van der Waals surface area contributed by atoms with Gasteiger partial charge in [-0.1, -0.05) is 55.5 Å². The van der Waals surface area contributed by atoms with Crippen LogP contribution in [0.4, 0.5) is 0 Å². The number of aliphatic hydroxyl groups is 1. The van der Waals surface area contributed by atoms with E-state index >= 15 is 0 Å². The van der Waals surface area contributed by atoms with Crippen LogP contribution in [-0.2, 0) is 6.54 Å². The fourth-order valence-electron chi connectivity index (χ4n) is 2.80. The standard InChI is InChI=1S/C16H25NO/c1-13-6-8-15(9-7-13)11-17-12-16(18)10-14-4-2-3-5-14/h6-9,14,16-18H,2-5,10-12H2,1H3. The van der Waals surface area contributed by atoms with Crippen molar-refractivity contribution in [3.8, 4) is 0 Å². The molecule has 0 saturated heterocycles. The van der Waals surface area contributed by atoms with Crippen LogP contribution in [0.25, 0.3) is 0 Å². The summed E-state index contributed by atoms with van der Waals surface area (Å²) < 4.78 is 0. The number of rotatable bonds is 6. The van der Waals surface area contributed by atoms with Crippen molar-refractivity contribution in [3.63, 3.8) is 0 Å². The summed E-state index contributed by atoms with van der Waals surface area (Å²) in [5, 5.41) is 13.3. The first-order valence-electron chi connectivity index (χ1n) is 7.18. The van der Waals surface area contributed by atoms with E-state index in [2.05, 4.69) is 36.5 Å². The van der Waals surface area contributed by atoms with Crippen LogP contribution in [0.2, 0.25) is 0 Å². The van der Waals surface area contributed by atoms with Crippen LogP contribution in [0, 0.1) is 12.8 Å². The molecule has 1 aliphatic rings. The molecule has 2 heteroatoms. The first kappa shape index (κ1) is 13.6. The summed E-state index contributed by atoms with van der Waals surface area (Å²) in [5.41, 5.74) is 2.58. The minimum Gasteiger partial charge on any atom is -0.392 e. The normalized spacial score (nSPS) is 18.1. The molecule has 0 heterocycles. The van der Waals surface area contributed by atoms with Gasteiger partial charge in [-0.3, -0.25) is 0 Å². The average Bonchev–Trinajstić information content (AvgIpc) is 2.84. The molecule has 0 spiro atoms. The molecule has 2 N–H and O–H groups in total. The predicted molar refractivity (Wildman–Crippen MR) is 75.5 cm³/mol. The molecule has 0 radical (unpaired) electrons. The van der Waals surface area contributed by atoms with Gasteiger partial charge < -0.3 is 10.4 Å². The Hall–Kier alpha value is -0.860. The van der Waals surface area contributed by atoms with Gasteiger partial charge in [-0.15, -0.1) is 0 Å². The fraction of sp³-hybridized carbons (Fsp3) is 0.625. The van der Waals surface area contributed by atoms with Crippen molar-refractivity contribution in [2.45, 2.75) is 51.7 Å². The molecular formula is C16H25NO. The van der Waals surface area contributed by atoms with Gasteiger partial charge in [0.15, 0.2) is 0 Å². The highest BCUT2D eigenvalue weighted by Gasteiger charge is 2.18. The lowest BCUT2D eigenvalue weighted by Crippen LogP contribution is -2.27. The van der Waals surface area contributed by atoms with Crippen LogP contribution in [-0.4, -0.2) is 17.8 Å². The van der Waals surface area contributed by atoms with Crippen molar-refractivity contribution in [1.29, 1.82) is 0 Å². The lowest BCUT2D eigenvalue weighted by molar-refractivity contribution is 0.140. The Kier molecular flexibility index (Phi) is 5.21. The second kappa shape index (κ2) is 6.91. The minimum absolute atomic E-state index is 0.182. The molecule has 0 amide bonds. The Balaban J connectivity index is 1.63. The van der Waals surface area contributed by atoms with Crippen LogP contribution in [0.15, 0.2) is 24.3 Å². The third-order valence-corrected chi connectivity index (χ3v) is 3.91. The lowest BCUT2D eigenvalue weighted by atomic mass is 10.00. The molecule has 100 valence electrons. The summed E-state index contributed by atoms with van der Waals surface area (Å²) in [7, 11) is 0. The van der Waals surface area contributed by atoms with Crippen molar-refractivity contribution in [1.82, 2.24) is 5.32 Å². The van der Waals surface area contributed by atoms with E-state index in [1.807, 2.05) is 0 Å². The van der Waals surface area contributed by atoms with Gasteiger partial charge in [0, 0.05) is 13.1 Å². The van der Waals surface area contributed by atoms with Crippen LogP contribution in [0.3, 0.4) is 0 Å². The van der Waals surface area contributed by atoms with Crippen molar-refractivity contribution >= 4 is 0 Å². The number of nitrogens with one attached hydrogen (secondary N) is 1. The van der Waals surface area contributed by atoms with E-state index in [1.54, 1.807) is 0 Å². The van der Waals surface area contributed by atoms with Gasteiger partial charge in [0.1, 0.15) is 0 Å². The van der Waals surface area contributed by atoms with Gasteiger partial charge in [-0.25, -0.2) is 0 Å². The molecule has 1 unspecified atom stereocenters. The number of hydrogen-bond donors (Lipinski definition) is 2. The number of aryl methyl sites for hydroxylation is 1. The van der Waals surface area contributed by atoms with E-state index in [0.29, 0.717) is 6.54 Å². The molecule has 1 aromatic carbocycles. The smallest absolute Gasteiger partial charge is 0.0667 e. The van der Waals surface area contributed by atoms with Gasteiger partial charge in [0.25, 0.3) is 0 Å². The lowest BCUT2D eigenvalue weighted by Gasteiger charge is -2.16. The Morgan fingerprint density at radius 3 is 2.56 bits per heavy atom. The molecule has 1 atom stereocenters. The fourth-order valence-corrected chi connectivity index (χ4v) is 2.80. The molecule has 0 aliphatic heterocycles. The second-order valence-electron chi connectivity index (χ2n) is 5.66. The number of aliphatic hydroxyl groups excluding tert-OH is 1. The van der Waals surface area contributed by atoms with Crippen molar-refractivity contribution in [2.24, 2.45) is 5.92 Å². The zero-order valence-electron chi connectivity index (χ0n) is 11.4. The first-order valence-corrected chi connectivity index (χ1v) is 7.18. The third-order valence-electron chi connectivity index (χ3n) is 3.91. The topological polar surface area (TPSA) is 32.3 Å². The van der Waals surface area contributed by atoms with Crippen LogP contribution in [0.1, 0.15) is 43.2 Å². The van der Waals surface area contributed by atoms with E-state index in [-0.39, 0.29) is 6.10 Å². The maximum atomic E-state index is 9.97. The van der Waals surface area contributed by atoms with Gasteiger partial charge in [0.2, 0.25) is 0 Å². The molecular weight excluding hydrogens is 222 g/mol. The SMILES string of the molecule is Cc1ccc(CNCC(O)CC2CCCC2)cc1. The van der Waals surface area contributed by atoms with E-state index in [0.717, 1.165) is 18.9 Å². The number of hydrogen-bond acceptors (Lipinski definition) is 2. The summed E-state index contributed by atoms with van der Waals surface area (Å²) in [4.78, 5) is 0. The van der Waals surface area contributed by atoms with Gasteiger partial charge >= 0.3 is 0 Å². The Morgan fingerprint density at radius 1 is 1.22 bits per heavy atom. The van der Waals surface area contributed by atoms with Crippen LogP contribution < -0.4 is 5.32 Å². The highest BCUT2D eigenvalue weighted by atomic mass is 16.3. The maximum Gasteiger partial charge on any atom is 0.0667 e. The predicted octanol–water partition coefficient (Wildman–Crippen LogP) is 3.03. The Bertz CT molecular complexity index is 341. The summed E-state index contributed by atoms with van der Waals surface area (Å²) in [5.74, 6) is 0.765. The van der Waals surface area contributed by atoms with Crippen molar-refractivity contribution < 1.29 is 5.11 Å². The molecule has 2 rings (SSSR count). The quantitative estimate of drug-likeness (QED) is 0.810. The zero-order valence-corrected chi connectivity index (χ0v) is 11.4. The van der Waals surface area contributed by atoms with Gasteiger partial charge in [0.05, 0.1) is 6.10 Å². The van der Waals surface area contributed by atoms with E-state index < -0.39 is 0 Å². The first-order chi connectivity index (χ1) is 8.74. The van der Waals surface area contributed by atoms with Gasteiger partial charge in [-0.05, 0) is 24.8 Å². The van der Waals surface area contributed by atoms with Crippen LogP contribution in [0.5, 0.6) is 0 Å². The second-order valence-corrected chi connectivity index (χ2v) is 5.66. The highest BCUT2D eigenvalue weighted by molar-refractivity contribution is 5.21. The molecule has 1 aromatic rings. The van der Waals surface area contributed by atoms with E-state index in [4.69, 9.17) is 0 Å². The summed E-state index contributed by atoms with van der Waals surface area (Å²) in [6, 6.07) is 8.55. The molecule has 0 bridgehead atoms.